The standard InChI is InChI=1S/C20H38O2.2K/c1-16(2)9-6-10-17(3)11-7-12-18(4)13-8-14-19(5)15-20(21)22;;/h15-18H,6-14H2,1-5H3,(H,21,22);;/t17-,18-;;/m1../s1. The minimum Gasteiger partial charge on any atom is -0.478 e. The van der Waals surface area contributed by atoms with Crippen molar-refractivity contribution in [2.45, 2.75) is 92.4 Å². The normalized spacial score (nSPS) is 13.8. The van der Waals surface area contributed by atoms with Crippen LogP contribution in [0, 0.1) is 17.8 Å². The van der Waals surface area contributed by atoms with Crippen LogP contribution in [0.5, 0.6) is 0 Å². The van der Waals surface area contributed by atoms with Gasteiger partial charge < -0.3 is 5.11 Å². The number of carbonyl (C=O) groups is 1. The molecular weight excluding hydrogens is 350 g/mol. The zero-order chi connectivity index (χ0) is 17.0. The summed E-state index contributed by atoms with van der Waals surface area (Å²) < 4.78 is 0. The molecule has 0 amide bonds. The molecule has 0 heterocycles. The zero-order valence-electron chi connectivity index (χ0n) is 17.5. The second-order valence-electron chi connectivity index (χ2n) is 7.69. The topological polar surface area (TPSA) is 37.3 Å². The van der Waals surface area contributed by atoms with E-state index in [-0.39, 0.29) is 103 Å². The summed E-state index contributed by atoms with van der Waals surface area (Å²) in [6, 6.07) is 0. The third-order valence-electron chi connectivity index (χ3n) is 4.51. The molecule has 0 unspecified atom stereocenters. The summed E-state index contributed by atoms with van der Waals surface area (Å²) in [6.07, 6.45) is 12.7. The molecule has 0 aliphatic carbocycles. The molecule has 0 aliphatic heterocycles. The van der Waals surface area contributed by atoms with Crippen molar-refractivity contribution in [3.8, 4) is 0 Å². The van der Waals surface area contributed by atoms with Crippen LogP contribution in [0.1, 0.15) is 92.4 Å². The average molecular weight is 389 g/mol. The maximum Gasteiger partial charge on any atom is 0.328 e. The van der Waals surface area contributed by atoms with E-state index in [1.807, 2.05) is 6.92 Å². The van der Waals surface area contributed by atoms with Gasteiger partial charge in [0.25, 0.3) is 0 Å². The van der Waals surface area contributed by atoms with Gasteiger partial charge in [0.15, 0.2) is 0 Å². The molecule has 4 heteroatoms. The third-order valence-corrected chi connectivity index (χ3v) is 4.51. The summed E-state index contributed by atoms with van der Waals surface area (Å²) in [5.74, 6) is 1.65. The van der Waals surface area contributed by atoms with Gasteiger partial charge in [-0.25, -0.2) is 4.79 Å². The molecule has 1 N–H and O–H groups in total. The summed E-state index contributed by atoms with van der Waals surface area (Å²) in [5, 5.41) is 8.68. The van der Waals surface area contributed by atoms with Crippen molar-refractivity contribution in [1.29, 1.82) is 0 Å². The molecule has 0 fully saturated rings. The molecule has 24 heavy (non-hydrogen) atoms. The van der Waals surface area contributed by atoms with Crippen LogP contribution in [0.15, 0.2) is 11.6 Å². The number of carboxylic acids is 1. The monoisotopic (exact) mass is 388 g/mol. The number of aliphatic carboxylic acids is 1. The molecule has 0 aromatic rings. The van der Waals surface area contributed by atoms with Crippen LogP contribution < -0.4 is 0 Å². The maximum absolute atomic E-state index is 10.5. The van der Waals surface area contributed by atoms with Crippen molar-refractivity contribution in [2.24, 2.45) is 17.8 Å². The first kappa shape index (κ1) is 31.2. The summed E-state index contributed by atoms with van der Waals surface area (Å²) >= 11 is 0. The Labute approximate surface area is 236 Å². The summed E-state index contributed by atoms with van der Waals surface area (Å²) in [4.78, 5) is 10.5. The van der Waals surface area contributed by atoms with E-state index < -0.39 is 5.97 Å². The predicted molar refractivity (Wildman–Crippen MR) is 108 cm³/mol. The van der Waals surface area contributed by atoms with Crippen LogP contribution in [0.3, 0.4) is 0 Å². The SMILES string of the molecule is CC(=CC(=O)O)CCC[C@H](C)CCC[C@H](C)CCCC(C)C.[K].[K]. The Morgan fingerprint density at radius 2 is 1.25 bits per heavy atom. The van der Waals surface area contributed by atoms with Gasteiger partial charge in [-0.1, -0.05) is 78.2 Å². The van der Waals surface area contributed by atoms with Gasteiger partial charge in [0, 0.05) is 109 Å². The summed E-state index contributed by atoms with van der Waals surface area (Å²) in [6.45, 7) is 11.3. The second-order valence-corrected chi connectivity index (χ2v) is 7.69. The Kier molecular flexibility index (Phi) is 26.3. The maximum atomic E-state index is 10.5. The van der Waals surface area contributed by atoms with Gasteiger partial charge in [0.1, 0.15) is 0 Å². The number of hydrogen-bond acceptors (Lipinski definition) is 1. The fourth-order valence-corrected chi connectivity index (χ4v) is 2.99. The Morgan fingerprint density at radius 3 is 1.67 bits per heavy atom. The molecule has 0 spiro atoms. The number of hydrogen-bond donors (Lipinski definition) is 1. The third kappa shape index (κ3) is 22.5. The van der Waals surface area contributed by atoms with Gasteiger partial charge in [0.05, 0.1) is 0 Å². The first-order valence-corrected chi connectivity index (χ1v) is 9.21. The molecule has 0 saturated carbocycles. The van der Waals surface area contributed by atoms with E-state index in [4.69, 9.17) is 5.11 Å². The minimum atomic E-state index is -0.822. The summed E-state index contributed by atoms with van der Waals surface area (Å²) in [5.41, 5.74) is 0.985. The van der Waals surface area contributed by atoms with E-state index in [1.54, 1.807) is 0 Å². The molecule has 0 aromatic heterocycles. The van der Waals surface area contributed by atoms with Gasteiger partial charge >= 0.3 is 5.97 Å². The van der Waals surface area contributed by atoms with Crippen molar-refractivity contribution >= 4 is 109 Å². The van der Waals surface area contributed by atoms with E-state index in [1.165, 1.54) is 51.0 Å². The molecule has 2 radical (unpaired) electrons. The molecule has 0 saturated heterocycles. The number of rotatable bonds is 13. The first-order chi connectivity index (χ1) is 10.3. The van der Waals surface area contributed by atoms with Gasteiger partial charge in [0.2, 0.25) is 0 Å². The Balaban J connectivity index is -0.00000220. The first-order valence-electron chi connectivity index (χ1n) is 9.21. The molecule has 0 rings (SSSR count). The van der Waals surface area contributed by atoms with Crippen LogP contribution in [0.2, 0.25) is 0 Å². The van der Waals surface area contributed by atoms with Crippen LogP contribution in [-0.4, -0.2) is 114 Å². The van der Waals surface area contributed by atoms with Crippen molar-refractivity contribution < 1.29 is 9.90 Å². The van der Waals surface area contributed by atoms with E-state index in [9.17, 15) is 4.79 Å². The van der Waals surface area contributed by atoms with Gasteiger partial charge in [-0.15, -0.1) is 0 Å². The largest absolute Gasteiger partial charge is 0.478 e. The smallest absolute Gasteiger partial charge is 0.328 e. The predicted octanol–water partition coefficient (Wildman–Crippen LogP) is 5.69. The van der Waals surface area contributed by atoms with Crippen molar-refractivity contribution in [3.05, 3.63) is 11.6 Å². The minimum absolute atomic E-state index is 0. The number of carboxylic acid groups (broad SMARTS) is 1. The van der Waals surface area contributed by atoms with Crippen LogP contribution in [-0.2, 0) is 4.79 Å². The van der Waals surface area contributed by atoms with Gasteiger partial charge in [-0.3, -0.25) is 0 Å². The second kappa shape index (κ2) is 20.2. The molecule has 0 bridgehead atoms. The van der Waals surface area contributed by atoms with Crippen LogP contribution in [0.4, 0.5) is 0 Å². The molecular formula is C20H38K2O2. The molecule has 132 valence electrons. The van der Waals surface area contributed by atoms with E-state index in [2.05, 4.69) is 27.7 Å². The fraction of sp³-hybridized carbons (Fsp3) is 0.850. The van der Waals surface area contributed by atoms with E-state index in [0.717, 1.165) is 36.2 Å². The molecule has 2 nitrogen and oxygen atoms in total. The van der Waals surface area contributed by atoms with Gasteiger partial charge in [-0.2, -0.15) is 0 Å². The Bertz CT molecular complexity index is 328. The van der Waals surface area contributed by atoms with Gasteiger partial charge in [-0.05, 0) is 37.5 Å². The molecule has 0 aliphatic rings. The quantitative estimate of drug-likeness (QED) is 0.325. The van der Waals surface area contributed by atoms with E-state index in [0.29, 0.717) is 0 Å². The average Bonchev–Trinajstić information content (AvgIpc) is 2.37. The Morgan fingerprint density at radius 1 is 0.833 bits per heavy atom. The van der Waals surface area contributed by atoms with Crippen molar-refractivity contribution in [1.82, 2.24) is 0 Å². The van der Waals surface area contributed by atoms with Crippen LogP contribution >= 0.6 is 0 Å². The van der Waals surface area contributed by atoms with Crippen molar-refractivity contribution in [2.75, 3.05) is 0 Å². The fourth-order valence-electron chi connectivity index (χ4n) is 2.99. The van der Waals surface area contributed by atoms with Crippen LogP contribution in [0.25, 0.3) is 0 Å². The zero-order valence-corrected chi connectivity index (χ0v) is 23.8. The molecule has 0 aromatic carbocycles. The summed E-state index contributed by atoms with van der Waals surface area (Å²) in [7, 11) is 0. The Hall–Kier alpha value is 2.48. The molecule has 2 atom stereocenters. The van der Waals surface area contributed by atoms with E-state index >= 15 is 0 Å². The van der Waals surface area contributed by atoms with Crippen molar-refractivity contribution in [3.63, 3.8) is 0 Å². The number of allylic oxidation sites excluding steroid dienone is 1.